The van der Waals surface area contributed by atoms with Gasteiger partial charge >= 0.3 is 0 Å². The highest BCUT2D eigenvalue weighted by molar-refractivity contribution is 5.92. The van der Waals surface area contributed by atoms with E-state index in [1.807, 2.05) is 4.90 Å². The number of amides is 1. The SMILES string of the molecule is CN1C=C(C2=CCCC3C2CCN3C(=O)c2ccon2)N(CC(C)(C)C)C1. The largest absolute Gasteiger partial charge is 0.364 e. The summed E-state index contributed by atoms with van der Waals surface area (Å²) in [5.74, 6) is 0.413. The standard InChI is InChI=1S/C21H30N4O2/c1-21(2,3)13-24-14-23(4)12-19(24)15-6-5-7-18-16(15)8-10-25(18)20(26)17-9-11-27-22-17/h6,9,11-12,16,18H,5,7-8,10,13-14H2,1-4H3. The van der Waals surface area contributed by atoms with Gasteiger partial charge in [0, 0.05) is 44.4 Å². The minimum absolute atomic E-state index is 0.00145. The molecule has 0 spiro atoms. The molecule has 27 heavy (non-hydrogen) atoms. The summed E-state index contributed by atoms with van der Waals surface area (Å²) in [6.45, 7) is 9.61. The van der Waals surface area contributed by atoms with Crippen molar-refractivity contribution in [3.8, 4) is 0 Å². The average molecular weight is 370 g/mol. The average Bonchev–Trinajstić information content (AvgIpc) is 3.31. The summed E-state index contributed by atoms with van der Waals surface area (Å²) < 4.78 is 4.88. The molecule has 0 saturated carbocycles. The van der Waals surface area contributed by atoms with Gasteiger partial charge in [0.2, 0.25) is 0 Å². The van der Waals surface area contributed by atoms with E-state index in [9.17, 15) is 4.79 Å². The van der Waals surface area contributed by atoms with Gasteiger partial charge in [-0.05, 0) is 30.3 Å². The highest BCUT2D eigenvalue weighted by atomic mass is 16.5. The van der Waals surface area contributed by atoms with E-state index in [-0.39, 0.29) is 17.4 Å². The third-order valence-electron chi connectivity index (χ3n) is 5.73. The molecule has 0 bridgehead atoms. The fraction of sp³-hybridized carbons (Fsp3) is 0.619. The normalized spacial score (nSPS) is 25.6. The summed E-state index contributed by atoms with van der Waals surface area (Å²) in [7, 11) is 2.14. The number of carbonyl (C=O) groups is 1. The van der Waals surface area contributed by atoms with Crippen molar-refractivity contribution in [2.45, 2.75) is 46.1 Å². The van der Waals surface area contributed by atoms with Crippen LogP contribution in [0.5, 0.6) is 0 Å². The molecule has 1 aromatic heterocycles. The first-order chi connectivity index (χ1) is 12.8. The number of hydrogen-bond donors (Lipinski definition) is 0. The van der Waals surface area contributed by atoms with Crippen LogP contribution in [0.3, 0.4) is 0 Å². The topological polar surface area (TPSA) is 52.8 Å². The van der Waals surface area contributed by atoms with E-state index in [1.54, 1.807) is 6.07 Å². The number of aromatic nitrogens is 1. The summed E-state index contributed by atoms with van der Waals surface area (Å²) in [6.07, 6.45) is 9.22. The van der Waals surface area contributed by atoms with E-state index in [1.165, 1.54) is 17.5 Å². The van der Waals surface area contributed by atoms with Crippen LogP contribution in [0.2, 0.25) is 0 Å². The van der Waals surface area contributed by atoms with Gasteiger partial charge in [-0.2, -0.15) is 0 Å². The Morgan fingerprint density at radius 1 is 1.33 bits per heavy atom. The molecule has 1 fully saturated rings. The summed E-state index contributed by atoms with van der Waals surface area (Å²) >= 11 is 0. The summed E-state index contributed by atoms with van der Waals surface area (Å²) in [6, 6.07) is 1.92. The second-order valence-corrected chi connectivity index (χ2v) is 9.25. The van der Waals surface area contributed by atoms with Crippen LogP contribution in [0, 0.1) is 11.3 Å². The molecule has 1 aliphatic carbocycles. The molecule has 2 aliphatic heterocycles. The first-order valence-corrected chi connectivity index (χ1v) is 9.92. The maximum Gasteiger partial charge on any atom is 0.276 e. The molecule has 146 valence electrons. The zero-order valence-corrected chi connectivity index (χ0v) is 16.8. The molecule has 6 nitrogen and oxygen atoms in total. The third kappa shape index (κ3) is 3.49. The van der Waals surface area contributed by atoms with E-state index in [0.29, 0.717) is 11.6 Å². The molecule has 0 aromatic carbocycles. The lowest BCUT2D eigenvalue weighted by molar-refractivity contribution is 0.0703. The Balaban J connectivity index is 1.56. The summed E-state index contributed by atoms with van der Waals surface area (Å²) in [5, 5.41) is 3.85. The van der Waals surface area contributed by atoms with Crippen molar-refractivity contribution in [2.75, 3.05) is 26.8 Å². The van der Waals surface area contributed by atoms with Crippen molar-refractivity contribution in [3.63, 3.8) is 0 Å². The molecule has 3 aliphatic rings. The van der Waals surface area contributed by atoms with E-state index in [2.05, 4.69) is 55.1 Å². The molecule has 2 unspecified atom stereocenters. The molecule has 1 saturated heterocycles. The number of allylic oxidation sites excluding steroid dienone is 2. The molecule has 3 heterocycles. The Morgan fingerprint density at radius 3 is 2.85 bits per heavy atom. The molecule has 2 atom stereocenters. The highest BCUT2D eigenvalue weighted by Gasteiger charge is 2.43. The molecule has 4 rings (SSSR count). The monoisotopic (exact) mass is 370 g/mol. The van der Waals surface area contributed by atoms with Gasteiger partial charge in [-0.15, -0.1) is 0 Å². The van der Waals surface area contributed by atoms with Crippen LogP contribution < -0.4 is 0 Å². The number of carbonyl (C=O) groups excluding carboxylic acids is 1. The minimum Gasteiger partial charge on any atom is -0.364 e. The number of likely N-dealkylation sites (tertiary alicyclic amines) is 1. The third-order valence-corrected chi connectivity index (χ3v) is 5.73. The van der Waals surface area contributed by atoms with Crippen LogP contribution in [0.15, 0.2) is 40.4 Å². The fourth-order valence-electron chi connectivity index (χ4n) is 4.79. The first-order valence-electron chi connectivity index (χ1n) is 9.92. The van der Waals surface area contributed by atoms with Crippen LogP contribution in [-0.2, 0) is 0 Å². The van der Waals surface area contributed by atoms with Crippen molar-refractivity contribution in [1.29, 1.82) is 0 Å². The van der Waals surface area contributed by atoms with Crippen molar-refractivity contribution in [3.05, 3.63) is 41.6 Å². The Hall–Kier alpha value is -2.24. The smallest absolute Gasteiger partial charge is 0.276 e. The number of nitrogens with zero attached hydrogens (tertiary/aromatic N) is 4. The fourth-order valence-corrected chi connectivity index (χ4v) is 4.79. The second-order valence-electron chi connectivity index (χ2n) is 9.25. The molecule has 0 radical (unpaired) electrons. The van der Waals surface area contributed by atoms with E-state index < -0.39 is 0 Å². The zero-order chi connectivity index (χ0) is 19.2. The van der Waals surface area contributed by atoms with Gasteiger partial charge in [0.05, 0.1) is 12.4 Å². The molecule has 1 aromatic rings. The van der Waals surface area contributed by atoms with Gasteiger partial charge in [-0.1, -0.05) is 32.0 Å². The van der Waals surface area contributed by atoms with E-state index >= 15 is 0 Å². The Morgan fingerprint density at radius 2 is 2.15 bits per heavy atom. The molecule has 1 amide bonds. The van der Waals surface area contributed by atoms with Gasteiger partial charge in [0.15, 0.2) is 5.69 Å². The van der Waals surface area contributed by atoms with Crippen LogP contribution in [0.25, 0.3) is 0 Å². The maximum absolute atomic E-state index is 12.8. The lowest BCUT2D eigenvalue weighted by atomic mass is 9.81. The van der Waals surface area contributed by atoms with Gasteiger partial charge in [0.1, 0.15) is 6.26 Å². The Bertz CT molecular complexity index is 760. The lowest BCUT2D eigenvalue weighted by Crippen LogP contribution is -2.41. The summed E-state index contributed by atoms with van der Waals surface area (Å²) in [5.41, 5.74) is 3.43. The minimum atomic E-state index is 0.00145. The Labute approximate surface area is 161 Å². The predicted octanol–water partition coefficient (Wildman–Crippen LogP) is 3.32. The van der Waals surface area contributed by atoms with Crippen molar-refractivity contribution in [1.82, 2.24) is 19.9 Å². The van der Waals surface area contributed by atoms with Crippen molar-refractivity contribution < 1.29 is 9.32 Å². The predicted molar refractivity (Wildman–Crippen MR) is 104 cm³/mol. The first kappa shape index (κ1) is 18.1. The highest BCUT2D eigenvalue weighted by Crippen LogP contribution is 2.42. The molecular formula is C21H30N4O2. The maximum atomic E-state index is 12.8. The van der Waals surface area contributed by atoms with Gasteiger partial charge < -0.3 is 19.2 Å². The molecule has 0 N–H and O–H groups in total. The van der Waals surface area contributed by atoms with Crippen LogP contribution in [0.1, 0.15) is 50.5 Å². The second kappa shape index (κ2) is 6.73. The van der Waals surface area contributed by atoms with Crippen molar-refractivity contribution >= 4 is 5.91 Å². The van der Waals surface area contributed by atoms with Crippen LogP contribution in [-0.4, -0.2) is 58.6 Å². The number of fused-ring (bicyclic) bond motifs is 1. The van der Waals surface area contributed by atoms with Gasteiger partial charge in [-0.25, -0.2) is 0 Å². The van der Waals surface area contributed by atoms with Crippen LogP contribution >= 0.6 is 0 Å². The lowest BCUT2D eigenvalue weighted by Gasteiger charge is -2.36. The molecule has 6 heteroatoms. The summed E-state index contributed by atoms with van der Waals surface area (Å²) in [4.78, 5) is 19.6. The quantitative estimate of drug-likeness (QED) is 0.817. The van der Waals surface area contributed by atoms with Gasteiger partial charge in [0.25, 0.3) is 5.91 Å². The van der Waals surface area contributed by atoms with Crippen molar-refractivity contribution in [2.24, 2.45) is 11.3 Å². The van der Waals surface area contributed by atoms with Crippen LogP contribution in [0.4, 0.5) is 0 Å². The van der Waals surface area contributed by atoms with E-state index in [0.717, 1.165) is 39.0 Å². The number of hydrogen-bond acceptors (Lipinski definition) is 5. The molecular weight excluding hydrogens is 340 g/mol. The van der Waals surface area contributed by atoms with E-state index in [4.69, 9.17) is 4.52 Å². The zero-order valence-electron chi connectivity index (χ0n) is 16.8. The Kier molecular flexibility index (Phi) is 4.52. The number of rotatable bonds is 3. The van der Waals surface area contributed by atoms with Gasteiger partial charge in [-0.3, -0.25) is 4.79 Å².